The van der Waals surface area contributed by atoms with E-state index in [0.717, 1.165) is 103 Å². The van der Waals surface area contributed by atoms with Gasteiger partial charge in [-0.15, -0.1) is 0 Å². The van der Waals surface area contributed by atoms with Crippen molar-refractivity contribution in [2.75, 3.05) is 40.9 Å². The molecular weight excluding hydrogens is 868 g/mol. The predicted molar refractivity (Wildman–Crippen MR) is 290 cm³/mol. The topological polar surface area (TPSA) is 111 Å². The second kappa shape index (κ2) is 47.6. The maximum absolute atomic E-state index is 13.4. The normalized spacial score (nSPS) is 14.6. The van der Waals surface area contributed by atoms with Crippen molar-refractivity contribution in [2.45, 2.75) is 219 Å². The lowest BCUT2D eigenvalue weighted by molar-refractivity contribution is -0.870. The van der Waals surface area contributed by atoms with Gasteiger partial charge in [-0.25, -0.2) is 4.57 Å². The number of esters is 1. The molecule has 0 bridgehead atoms. The number of ether oxygens (including phenoxy) is 1. The largest absolute Gasteiger partial charge is 0.472 e. The molecule has 0 fully saturated rings. The molecule has 0 aromatic rings. The third-order valence-corrected chi connectivity index (χ3v) is 12.3. The van der Waals surface area contributed by atoms with Crippen LogP contribution in [0.25, 0.3) is 0 Å². The van der Waals surface area contributed by atoms with Gasteiger partial charge in [0.2, 0.25) is 5.91 Å². The maximum atomic E-state index is 13.4. The van der Waals surface area contributed by atoms with Crippen LogP contribution in [-0.4, -0.2) is 74.3 Å². The van der Waals surface area contributed by atoms with Gasteiger partial charge in [0.1, 0.15) is 19.3 Å². The van der Waals surface area contributed by atoms with E-state index in [1.807, 2.05) is 33.3 Å². The smallest absolute Gasteiger partial charge is 0.456 e. The van der Waals surface area contributed by atoms with Gasteiger partial charge in [0, 0.05) is 12.8 Å². The van der Waals surface area contributed by atoms with E-state index in [0.29, 0.717) is 23.9 Å². The summed E-state index contributed by atoms with van der Waals surface area (Å²) in [7, 11) is 1.44. The first-order valence-electron chi connectivity index (χ1n) is 27.1. The molecule has 0 saturated carbocycles. The number of hydrogen-bond donors (Lipinski definition) is 2. The van der Waals surface area contributed by atoms with E-state index in [2.05, 4.69) is 111 Å². The molecule has 10 heteroatoms. The number of nitrogens with one attached hydrogen (secondary N) is 1. The van der Waals surface area contributed by atoms with Gasteiger partial charge in [0.05, 0.1) is 33.8 Å². The lowest BCUT2D eigenvalue weighted by atomic mass is 10.1. The van der Waals surface area contributed by atoms with Gasteiger partial charge in [-0.1, -0.05) is 195 Å². The number of nitrogens with zero attached hydrogens (tertiary/aromatic N) is 1. The second-order valence-corrected chi connectivity index (χ2v) is 20.4. The molecule has 3 unspecified atom stereocenters. The predicted octanol–water partition coefficient (Wildman–Crippen LogP) is 16.0. The summed E-state index contributed by atoms with van der Waals surface area (Å²) in [6, 6.07) is -0.879. The number of amides is 1. The molecule has 390 valence electrons. The molecule has 2 N–H and O–H groups in total. The zero-order valence-electron chi connectivity index (χ0n) is 44.3. The zero-order chi connectivity index (χ0) is 50.1. The van der Waals surface area contributed by atoms with E-state index in [9.17, 15) is 19.0 Å². The minimum atomic E-state index is -4.46. The number of phosphoric acid groups is 1. The third-order valence-electron chi connectivity index (χ3n) is 11.3. The van der Waals surface area contributed by atoms with Crippen LogP contribution in [0.2, 0.25) is 0 Å². The number of carbonyl (C=O) groups excluding carboxylic acids is 2. The zero-order valence-corrected chi connectivity index (χ0v) is 45.2. The summed E-state index contributed by atoms with van der Waals surface area (Å²) in [4.78, 5) is 37.5. The summed E-state index contributed by atoms with van der Waals surface area (Å²) in [5.41, 5.74) is 0. The summed E-state index contributed by atoms with van der Waals surface area (Å²) < 4.78 is 30.5. The Hall–Kier alpha value is -3.07. The van der Waals surface area contributed by atoms with E-state index < -0.39 is 20.0 Å². The van der Waals surface area contributed by atoms with Gasteiger partial charge in [-0.05, 0) is 96.0 Å². The Morgan fingerprint density at radius 2 is 0.956 bits per heavy atom. The highest BCUT2D eigenvalue weighted by molar-refractivity contribution is 7.47. The summed E-state index contributed by atoms with van der Waals surface area (Å²) in [6.07, 6.45) is 62.7. The Bertz CT molecular complexity index is 1490. The van der Waals surface area contributed by atoms with Crippen LogP contribution in [0.1, 0.15) is 207 Å². The van der Waals surface area contributed by atoms with Crippen LogP contribution in [0.3, 0.4) is 0 Å². The molecule has 0 saturated heterocycles. The molecule has 0 aliphatic rings. The molecule has 0 aliphatic carbocycles. The monoisotopic (exact) mass is 970 g/mol. The number of likely N-dealkylation sites (N-methyl/N-ethyl adjacent to an activating group) is 1. The standard InChI is InChI=1S/C58H101N2O7P/c1-7-10-13-16-19-22-25-27-29-30-31-33-36-39-42-45-48-51-58(62)67-56(49-46-43-40-37-34-24-21-18-15-12-9-3)55(54-66-68(63,64)65-53-52-60(4,5)6)59-57(61)50-47-44-41-38-35-32-28-26-23-20-17-14-11-8-2/h10-11,13-14,19-20,22-23,27,29,31,33,39,42,46,49,55-56H,7-9,12,15-18,21,24-26,28,30,32,34-38,40-41,43-45,47-48,50-54H2,1-6H3,(H-,59,61,63,64)/p+1/b13-10-,14-11+,22-19-,23-20+,29-27-,33-31-,42-39-,49-46+. The molecule has 0 heterocycles. The van der Waals surface area contributed by atoms with E-state index in [-0.39, 0.29) is 31.5 Å². The minimum Gasteiger partial charge on any atom is -0.456 e. The molecule has 0 aliphatic heterocycles. The molecular formula is C58H102N2O7P+. The van der Waals surface area contributed by atoms with Crippen LogP contribution in [-0.2, 0) is 27.9 Å². The van der Waals surface area contributed by atoms with Gasteiger partial charge in [-0.2, -0.15) is 0 Å². The quantitative estimate of drug-likeness (QED) is 0.0205. The Labute approximate surface area is 418 Å². The molecule has 0 spiro atoms. The van der Waals surface area contributed by atoms with Gasteiger partial charge >= 0.3 is 13.8 Å². The molecule has 1 amide bonds. The Morgan fingerprint density at radius 1 is 0.529 bits per heavy atom. The number of unbranched alkanes of at least 4 members (excludes halogenated alkanes) is 17. The Balaban J connectivity index is 5.48. The highest BCUT2D eigenvalue weighted by Gasteiger charge is 2.30. The van der Waals surface area contributed by atoms with Crippen LogP contribution in [0, 0.1) is 0 Å². The number of phosphoric ester groups is 1. The molecule has 0 rings (SSSR count). The van der Waals surface area contributed by atoms with Crippen molar-refractivity contribution in [3.05, 3.63) is 97.2 Å². The molecule has 68 heavy (non-hydrogen) atoms. The lowest BCUT2D eigenvalue weighted by Gasteiger charge is -2.27. The molecule has 0 aromatic heterocycles. The average Bonchev–Trinajstić information content (AvgIpc) is 3.29. The molecule has 9 nitrogen and oxygen atoms in total. The van der Waals surface area contributed by atoms with Gasteiger partial charge in [0.25, 0.3) is 0 Å². The fourth-order valence-electron chi connectivity index (χ4n) is 7.13. The van der Waals surface area contributed by atoms with Gasteiger partial charge < -0.3 is 19.4 Å². The van der Waals surface area contributed by atoms with Crippen molar-refractivity contribution >= 4 is 19.7 Å². The number of carbonyl (C=O) groups is 2. The van der Waals surface area contributed by atoms with Crippen molar-refractivity contribution in [3.8, 4) is 0 Å². The highest BCUT2D eigenvalue weighted by Crippen LogP contribution is 2.43. The summed E-state index contributed by atoms with van der Waals surface area (Å²) in [5.74, 6) is -0.592. The van der Waals surface area contributed by atoms with Crippen molar-refractivity contribution in [1.29, 1.82) is 0 Å². The first kappa shape index (κ1) is 64.9. The highest BCUT2D eigenvalue weighted by atomic mass is 31.2. The summed E-state index contributed by atoms with van der Waals surface area (Å²) in [6.45, 7) is 6.71. The Morgan fingerprint density at radius 3 is 1.44 bits per heavy atom. The number of quaternary nitrogens is 1. The van der Waals surface area contributed by atoms with E-state index in [4.69, 9.17) is 13.8 Å². The average molecular weight is 970 g/mol. The number of rotatable bonds is 47. The fourth-order valence-corrected chi connectivity index (χ4v) is 7.86. The number of hydrogen-bond acceptors (Lipinski definition) is 6. The number of allylic oxidation sites excluding steroid dienone is 15. The SMILES string of the molecule is CC/C=C\C/C=C\C/C=C\C/C=C\C/C=C\CCCC(=O)OC(/C=C/CCCCCCCCCCC)C(COP(=O)(O)OCC[N+](C)(C)C)NC(=O)CCCCCCCCC/C=C/C/C=C/CC. The van der Waals surface area contributed by atoms with E-state index in [1.54, 1.807) is 0 Å². The van der Waals surface area contributed by atoms with Gasteiger partial charge in [0.15, 0.2) is 0 Å². The summed E-state index contributed by atoms with van der Waals surface area (Å²) in [5, 5.41) is 3.02. The van der Waals surface area contributed by atoms with Crippen molar-refractivity contribution in [1.82, 2.24) is 5.32 Å². The van der Waals surface area contributed by atoms with Crippen molar-refractivity contribution in [3.63, 3.8) is 0 Å². The van der Waals surface area contributed by atoms with E-state index >= 15 is 0 Å². The van der Waals surface area contributed by atoms with Crippen LogP contribution in [0.4, 0.5) is 0 Å². The van der Waals surface area contributed by atoms with Gasteiger partial charge in [-0.3, -0.25) is 18.6 Å². The fraction of sp³-hybridized carbons (Fsp3) is 0.690. The van der Waals surface area contributed by atoms with Crippen LogP contribution in [0.5, 0.6) is 0 Å². The van der Waals surface area contributed by atoms with Crippen molar-refractivity contribution in [2.24, 2.45) is 0 Å². The maximum Gasteiger partial charge on any atom is 0.472 e. The van der Waals surface area contributed by atoms with E-state index in [1.165, 1.54) is 64.2 Å². The minimum absolute atomic E-state index is 0.0250. The van der Waals surface area contributed by atoms with Crippen LogP contribution in [0.15, 0.2) is 97.2 Å². The van der Waals surface area contributed by atoms with Crippen molar-refractivity contribution < 1.29 is 37.3 Å². The summed E-state index contributed by atoms with van der Waals surface area (Å²) >= 11 is 0. The van der Waals surface area contributed by atoms with Crippen LogP contribution >= 0.6 is 7.82 Å². The van der Waals surface area contributed by atoms with Crippen LogP contribution < -0.4 is 5.32 Å². The third kappa shape index (κ3) is 48.0. The lowest BCUT2D eigenvalue weighted by Crippen LogP contribution is -2.47. The molecule has 0 aromatic carbocycles. The second-order valence-electron chi connectivity index (χ2n) is 19.0. The molecule has 3 atom stereocenters. The molecule has 0 radical (unpaired) electrons. The Kier molecular flexibility index (Phi) is 45.5. The first-order valence-corrected chi connectivity index (χ1v) is 28.6. The first-order chi connectivity index (χ1) is 32.9.